The van der Waals surface area contributed by atoms with Gasteiger partial charge in [0.15, 0.2) is 0 Å². The zero-order valence-corrected chi connectivity index (χ0v) is 33.1. The number of carbonyl (C=O) groups is 4. The van der Waals surface area contributed by atoms with Gasteiger partial charge in [-0.3, -0.25) is 0 Å². The topological polar surface area (TPSA) is 207 Å². The second-order valence-corrected chi connectivity index (χ2v) is 13.9. The van der Waals surface area contributed by atoms with Crippen molar-refractivity contribution in [3.05, 3.63) is 166 Å². The summed E-state index contributed by atoms with van der Waals surface area (Å²) in [5.74, 6) is -4.67. The average molecular weight is 894 g/mol. The molecular weight excluding hydrogens is 863 g/mol. The number of hydrogen-bond donors (Lipinski definition) is 6. The standard InChI is InChI=1S/C48H30N4O8.Rh/c53-45(54)29-13-5-1-9-25(29)41-33-17-19-35(49-33)42(26-10-2-6-14-30(26)46(55)56)37-21-23-39(51-37)44(28-12-4-8-16-32(28)48(59)60)40-24-22-38(52-40)43(36-20-18-34(41)50-36)27-11-3-7-15-31(27)47(57)58;/h1-24,49,52H,(H,53,54)(H,55,56)(H,57,58)(H,59,60);. The van der Waals surface area contributed by atoms with Gasteiger partial charge >= 0.3 is 23.9 Å². The monoisotopic (exact) mass is 893 g/mol. The molecule has 12 nitrogen and oxygen atoms in total. The number of carboxylic acid groups (broad SMARTS) is 4. The molecule has 6 N–H and O–H groups in total. The molecule has 7 aromatic rings. The minimum absolute atomic E-state index is 0. The second kappa shape index (κ2) is 16.0. The van der Waals surface area contributed by atoms with E-state index in [9.17, 15) is 39.6 Å². The number of aromatic carboxylic acids is 4. The fraction of sp³-hybridized carbons (Fsp3) is 0. The van der Waals surface area contributed by atoms with Crippen LogP contribution in [-0.4, -0.2) is 64.2 Å². The number of H-pyrrole nitrogens is 2. The van der Waals surface area contributed by atoms with E-state index in [1.54, 1.807) is 121 Å². The first kappa shape index (κ1) is 39.8. The van der Waals surface area contributed by atoms with E-state index in [0.29, 0.717) is 89.4 Å². The maximum Gasteiger partial charge on any atom is 0.336 e. The number of fused-ring (bicyclic) bond motifs is 8. The van der Waals surface area contributed by atoms with E-state index in [1.807, 2.05) is 0 Å². The van der Waals surface area contributed by atoms with Crippen LogP contribution in [0.1, 0.15) is 64.2 Å². The molecule has 0 aliphatic carbocycles. The van der Waals surface area contributed by atoms with Gasteiger partial charge in [0, 0.05) is 86.1 Å². The first-order valence-corrected chi connectivity index (χ1v) is 18.6. The third-order valence-electron chi connectivity index (χ3n) is 10.5. The zero-order valence-electron chi connectivity index (χ0n) is 31.5. The van der Waals surface area contributed by atoms with Crippen LogP contribution in [0.5, 0.6) is 0 Å². The van der Waals surface area contributed by atoms with Gasteiger partial charge in [-0.1, -0.05) is 72.8 Å². The molecule has 1 radical (unpaired) electrons. The summed E-state index contributed by atoms with van der Waals surface area (Å²) < 4.78 is 0. The quantitative estimate of drug-likeness (QED) is 0.0796. The summed E-state index contributed by atoms with van der Waals surface area (Å²) in [6.45, 7) is 0. The Morgan fingerprint density at radius 3 is 0.770 bits per heavy atom. The molecular formula is C48H30N4O8Rh. The predicted molar refractivity (Wildman–Crippen MR) is 228 cm³/mol. The fourth-order valence-corrected chi connectivity index (χ4v) is 7.89. The predicted octanol–water partition coefficient (Wildman–Crippen LogP) is 10.1. The zero-order chi connectivity index (χ0) is 41.7. The summed E-state index contributed by atoms with van der Waals surface area (Å²) in [7, 11) is 0. The van der Waals surface area contributed by atoms with Crippen LogP contribution < -0.4 is 0 Å². The number of benzene rings is 4. The molecule has 61 heavy (non-hydrogen) atoms. The van der Waals surface area contributed by atoms with E-state index in [2.05, 4.69) is 9.97 Å². The van der Waals surface area contributed by atoms with Crippen molar-refractivity contribution in [1.82, 2.24) is 19.9 Å². The third kappa shape index (κ3) is 7.02. The molecule has 9 rings (SSSR count). The molecule has 299 valence electrons. The molecule has 8 bridgehead atoms. The van der Waals surface area contributed by atoms with Crippen LogP contribution in [0.15, 0.2) is 121 Å². The molecule has 0 saturated carbocycles. The van der Waals surface area contributed by atoms with Gasteiger partial charge < -0.3 is 30.4 Å². The molecule has 0 atom stereocenters. The van der Waals surface area contributed by atoms with Gasteiger partial charge in [-0.2, -0.15) is 0 Å². The maximum absolute atomic E-state index is 12.7. The number of rotatable bonds is 8. The Bertz CT molecular complexity index is 2830. The Hall–Kier alpha value is -8.02. The summed E-state index contributed by atoms with van der Waals surface area (Å²) >= 11 is 0. The van der Waals surface area contributed by atoms with Crippen LogP contribution in [0.25, 0.3) is 90.9 Å². The van der Waals surface area contributed by atoms with E-state index in [-0.39, 0.29) is 41.7 Å². The van der Waals surface area contributed by atoms with Crippen LogP contribution in [0, 0.1) is 0 Å². The summed E-state index contributed by atoms with van der Waals surface area (Å²) in [4.78, 5) is 67.9. The maximum atomic E-state index is 12.7. The summed E-state index contributed by atoms with van der Waals surface area (Å²) in [6.07, 6.45) is 6.91. The van der Waals surface area contributed by atoms with Crippen molar-refractivity contribution in [3.8, 4) is 44.5 Å². The number of nitrogens with one attached hydrogen (secondary N) is 2. The van der Waals surface area contributed by atoms with Gasteiger partial charge in [0.2, 0.25) is 0 Å². The Morgan fingerprint density at radius 2 is 0.557 bits per heavy atom. The van der Waals surface area contributed by atoms with Gasteiger partial charge in [0.25, 0.3) is 0 Å². The van der Waals surface area contributed by atoms with Crippen LogP contribution in [0.2, 0.25) is 0 Å². The number of hydrogen-bond acceptors (Lipinski definition) is 6. The number of nitrogens with zero attached hydrogens (tertiary/aromatic N) is 2. The minimum Gasteiger partial charge on any atom is -0.478 e. The molecule has 5 heterocycles. The summed E-state index contributed by atoms with van der Waals surface area (Å²) in [5, 5.41) is 41.5. The first-order valence-electron chi connectivity index (χ1n) is 18.6. The number of carboxylic acids is 4. The van der Waals surface area contributed by atoms with Crippen molar-refractivity contribution in [3.63, 3.8) is 0 Å². The van der Waals surface area contributed by atoms with Gasteiger partial charge in [-0.25, -0.2) is 29.1 Å². The van der Waals surface area contributed by atoms with Crippen molar-refractivity contribution in [2.45, 2.75) is 0 Å². The largest absolute Gasteiger partial charge is 0.478 e. The number of aromatic nitrogens is 4. The molecule has 0 spiro atoms. The summed E-state index contributed by atoms with van der Waals surface area (Å²) in [6, 6.07) is 33.1. The van der Waals surface area contributed by atoms with E-state index < -0.39 is 23.9 Å². The van der Waals surface area contributed by atoms with Gasteiger partial charge in [0.05, 0.1) is 45.0 Å². The van der Waals surface area contributed by atoms with Crippen molar-refractivity contribution in [1.29, 1.82) is 0 Å². The molecule has 0 saturated heterocycles. The van der Waals surface area contributed by atoms with Crippen LogP contribution >= 0.6 is 0 Å². The van der Waals surface area contributed by atoms with Crippen molar-refractivity contribution in [2.24, 2.45) is 0 Å². The van der Waals surface area contributed by atoms with Crippen molar-refractivity contribution < 1.29 is 59.1 Å². The molecule has 4 aromatic carbocycles. The van der Waals surface area contributed by atoms with Gasteiger partial charge in [-0.05, 0) is 72.8 Å². The SMILES string of the molecule is O=C(O)c1ccccc1-c1c2nc(c(-c3ccccc3C(=O)O)c3ccc([nH]3)c(-c3ccccc3C(=O)O)c3nc(c(-c4ccccc4C(=O)O)c4ccc1[nH]4)C=C3)C=C2.[Rh]. The van der Waals surface area contributed by atoms with E-state index in [1.165, 1.54) is 24.3 Å². The molecule has 0 amide bonds. The van der Waals surface area contributed by atoms with E-state index in [0.717, 1.165) is 0 Å². The molecule has 3 aromatic heterocycles. The average Bonchev–Trinajstić information content (AvgIpc) is 4.09. The molecule has 0 fully saturated rings. The van der Waals surface area contributed by atoms with Gasteiger partial charge in [0.1, 0.15) is 0 Å². The Balaban J connectivity index is 0.00000514. The van der Waals surface area contributed by atoms with Gasteiger partial charge in [-0.15, -0.1) is 0 Å². The molecule has 2 aliphatic heterocycles. The van der Waals surface area contributed by atoms with E-state index >= 15 is 0 Å². The summed E-state index contributed by atoms with van der Waals surface area (Å²) in [5.41, 5.74) is 6.29. The fourth-order valence-electron chi connectivity index (χ4n) is 7.89. The van der Waals surface area contributed by atoms with Crippen molar-refractivity contribution in [2.75, 3.05) is 0 Å². The normalized spacial score (nSPS) is 11.5. The second-order valence-electron chi connectivity index (χ2n) is 13.9. The first-order chi connectivity index (χ1) is 29.1. The Labute approximate surface area is 358 Å². The van der Waals surface area contributed by atoms with Crippen LogP contribution in [-0.2, 0) is 19.5 Å². The third-order valence-corrected chi connectivity index (χ3v) is 10.5. The van der Waals surface area contributed by atoms with Crippen LogP contribution in [0.3, 0.4) is 0 Å². The van der Waals surface area contributed by atoms with Crippen LogP contribution in [0.4, 0.5) is 0 Å². The molecule has 13 heteroatoms. The smallest absolute Gasteiger partial charge is 0.336 e. The van der Waals surface area contributed by atoms with E-state index in [4.69, 9.17) is 9.97 Å². The molecule has 0 unspecified atom stereocenters. The van der Waals surface area contributed by atoms with Crippen molar-refractivity contribution >= 4 is 70.2 Å². The Kier molecular flexibility index (Phi) is 10.4. The molecule has 2 aliphatic rings. The minimum atomic E-state index is -1.17. The Morgan fingerprint density at radius 1 is 0.344 bits per heavy atom. The number of aromatic amines is 2.